The molecule has 11 aromatic carbocycles. The van der Waals surface area contributed by atoms with E-state index >= 15 is 0 Å². The number of anilines is 3. The predicted octanol–water partition coefficient (Wildman–Crippen LogP) is 17.1. The van der Waals surface area contributed by atoms with E-state index in [0.29, 0.717) is 0 Å². The van der Waals surface area contributed by atoms with E-state index in [1.807, 2.05) is 11.3 Å². The number of benzene rings is 11. The van der Waals surface area contributed by atoms with Gasteiger partial charge in [-0.1, -0.05) is 176 Å². The maximum atomic E-state index is 2.43. The van der Waals surface area contributed by atoms with E-state index < -0.39 is 0 Å². The molecule has 0 radical (unpaired) electrons. The van der Waals surface area contributed by atoms with Crippen molar-refractivity contribution in [1.29, 1.82) is 0 Å². The summed E-state index contributed by atoms with van der Waals surface area (Å²) in [6, 6.07) is 82.4. The van der Waals surface area contributed by atoms with Gasteiger partial charge in [0.05, 0.1) is 10.4 Å². The van der Waals surface area contributed by atoms with Crippen molar-refractivity contribution in [2.24, 2.45) is 0 Å². The molecule has 0 fully saturated rings. The Bertz CT molecular complexity index is 3560. The van der Waals surface area contributed by atoms with Gasteiger partial charge in [-0.05, 0) is 125 Å². The van der Waals surface area contributed by atoms with Crippen molar-refractivity contribution in [3.8, 4) is 33.4 Å². The minimum Gasteiger partial charge on any atom is -0.309 e. The molecule has 12 rings (SSSR count). The summed E-state index contributed by atoms with van der Waals surface area (Å²) in [5.41, 5.74) is 10.7. The fraction of sp³-hybridized carbons (Fsp3) is 0. The summed E-state index contributed by atoms with van der Waals surface area (Å²) in [6.45, 7) is 0. The van der Waals surface area contributed by atoms with Crippen molar-refractivity contribution in [2.75, 3.05) is 4.90 Å². The van der Waals surface area contributed by atoms with Crippen LogP contribution < -0.4 is 4.90 Å². The number of nitrogens with zero attached hydrogens (tertiary/aromatic N) is 1. The molecule has 0 unspecified atom stereocenters. The molecule has 280 valence electrons. The highest BCUT2D eigenvalue weighted by Gasteiger charge is 2.19. The topological polar surface area (TPSA) is 3.24 Å². The van der Waals surface area contributed by atoms with Gasteiger partial charge in [-0.25, -0.2) is 0 Å². The SMILES string of the molecule is c1cc(-c2ccc(N(c3ccc(-c4ccc5c6ccccc6c6ccccc6c5c4)cc3)c3cccc4c3sc3ccccc34)cc2)cc(-c2cccc3ccccc23)c1. The molecular formula is C58H37NS. The van der Waals surface area contributed by atoms with Crippen molar-refractivity contribution in [3.63, 3.8) is 0 Å². The van der Waals surface area contributed by atoms with Crippen LogP contribution in [0.1, 0.15) is 0 Å². The fourth-order valence-electron chi connectivity index (χ4n) is 9.37. The summed E-state index contributed by atoms with van der Waals surface area (Å²) in [5, 5.41) is 12.9. The number of fused-ring (bicyclic) bond motifs is 10. The number of thiophene rings is 1. The summed E-state index contributed by atoms with van der Waals surface area (Å²) in [7, 11) is 0. The first kappa shape index (κ1) is 34.5. The molecule has 12 aromatic rings. The van der Waals surface area contributed by atoms with Gasteiger partial charge in [0, 0.05) is 26.8 Å². The summed E-state index contributed by atoms with van der Waals surface area (Å²) in [4.78, 5) is 2.43. The van der Waals surface area contributed by atoms with E-state index in [4.69, 9.17) is 0 Å². The number of hydrogen-bond donors (Lipinski definition) is 0. The van der Waals surface area contributed by atoms with Gasteiger partial charge in [0.15, 0.2) is 0 Å². The Labute approximate surface area is 352 Å². The van der Waals surface area contributed by atoms with Crippen molar-refractivity contribution < 1.29 is 0 Å². The van der Waals surface area contributed by atoms with Crippen LogP contribution in [-0.4, -0.2) is 0 Å². The third-order valence-electron chi connectivity index (χ3n) is 12.2. The first-order valence-corrected chi connectivity index (χ1v) is 21.4. The van der Waals surface area contributed by atoms with Crippen LogP contribution in [0.3, 0.4) is 0 Å². The Balaban J connectivity index is 0.961. The van der Waals surface area contributed by atoms with Crippen LogP contribution in [0.2, 0.25) is 0 Å². The van der Waals surface area contributed by atoms with Crippen LogP contribution in [0.15, 0.2) is 224 Å². The molecule has 0 spiro atoms. The monoisotopic (exact) mass is 779 g/mol. The normalized spacial score (nSPS) is 11.7. The lowest BCUT2D eigenvalue weighted by Crippen LogP contribution is -2.10. The molecule has 0 N–H and O–H groups in total. The van der Waals surface area contributed by atoms with Crippen molar-refractivity contribution in [2.45, 2.75) is 0 Å². The lowest BCUT2D eigenvalue weighted by molar-refractivity contribution is 1.30. The summed E-state index contributed by atoms with van der Waals surface area (Å²) >= 11 is 1.87. The third kappa shape index (κ3) is 5.68. The molecular weight excluding hydrogens is 743 g/mol. The Morgan fingerprint density at radius 2 is 0.767 bits per heavy atom. The molecule has 1 heterocycles. The van der Waals surface area contributed by atoms with Gasteiger partial charge in [-0.3, -0.25) is 0 Å². The molecule has 1 aromatic heterocycles. The lowest BCUT2D eigenvalue weighted by atomic mass is 9.92. The van der Waals surface area contributed by atoms with Crippen molar-refractivity contribution >= 4 is 91.7 Å². The quantitative estimate of drug-likeness (QED) is 0.152. The van der Waals surface area contributed by atoms with Gasteiger partial charge in [0.1, 0.15) is 0 Å². The summed E-state index contributed by atoms with van der Waals surface area (Å²) in [5.74, 6) is 0. The molecule has 60 heavy (non-hydrogen) atoms. The number of hydrogen-bond acceptors (Lipinski definition) is 2. The highest BCUT2D eigenvalue weighted by Crippen LogP contribution is 2.46. The zero-order chi connectivity index (χ0) is 39.6. The van der Waals surface area contributed by atoms with Gasteiger partial charge in [-0.15, -0.1) is 11.3 Å². The van der Waals surface area contributed by atoms with Crippen LogP contribution in [0.4, 0.5) is 17.1 Å². The van der Waals surface area contributed by atoms with Crippen LogP contribution in [0.5, 0.6) is 0 Å². The molecule has 0 aliphatic heterocycles. The second-order valence-corrected chi connectivity index (χ2v) is 16.7. The molecule has 0 atom stereocenters. The molecule has 0 aliphatic rings. The predicted molar refractivity (Wildman–Crippen MR) is 260 cm³/mol. The minimum absolute atomic E-state index is 1.12. The standard InChI is InChI=1S/C58H37NS/c1-2-16-46-40(12-1)13-10-22-47(46)43-15-9-14-41(36-43)38-26-31-44(32-27-38)59(56-24-11-23-54-53-21-7-8-25-57(53)60-58(54)56)45-33-28-39(29-34-45)42-30-35-52-50-19-4-3-17-48(50)49-18-5-6-20-51(49)55(52)37-42/h1-37H. The maximum Gasteiger partial charge on any atom is 0.0640 e. The second kappa shape index (κ2) is 14.1. The average Bonchev–Trinajstić information content (AvgIpc) is 3.71. The van der Waals surface area contributed by atoms with E-state index in [9.17, 15) is 0 Å². The van der Waals surface area contributed by atoms with Crippen molar-refractivity contribution in [1.82, 2.24) is 0 Å². The summed E-state index contributed by atoms with van der Waals surface area (Å²) < 4.78 is 2.58. The first-order valence-electron chi connectivity index (χ1n) is 20.6. The van der Waals surface area contributed by atoms with Gasteiger partial charge in [0.2, 0.25) is 0 Å². The van der Waals surface area contributed by atoms with Gasteiger partial charge < -0.3 is 4.90 Å². The lowest BCUT2D eigenvalue weighted by Gasteiger charge is -2.26. The van der Waals surface area contributed by atoms with Gasteiger partial charge in [0.25, 0.3) is 0 Å². The maximum absolute atomic E-state index is 2.43. The summed E-state index contributed by atoms with van der Waals surface area (Å²) in [6.07, 6.45) is 0. The van der Waals surface area contributed by atoms with Crippen LogP contribution >= 0.6 is 11.3 Å². The Hall–Kier alpha value is -7.52. The van der Waals surface area contributed by atoms with E-state index in [1.165, 1.54) is 102 Å². The van der Waals surface area contributed by atoms with Crippen LogP contribution in [0, 0.1) is 0 Å². The zero-order valence-electron chi connectivity index (χ0n) is 32.7. The Morgan fingerprint density at radius 1 is 0.283 bits per heavy atom. The minimum atomic E-state index is 1.12. The molecule has 0 aliphatic carbocycles. The van der Waals surface area contributed by atoms with Crippen molar-refractivity contribution in [3.05, 3.63) is 224 Å². The van der Waals surface area contributed by atoms with E-state index in [-0.39, 0.29) is 0 Å². The van der Waals surface area contributed by atoms with Gasteiger partial charge >= 0.3 is 0 Å². The molecule has 0 saturated heterocycles. The molecule has 0 saturated carbocycles. The fourth-order valence-corrected chi connectivity index (χ4v) is 10.6. The molecule has 0 amide bonds. The zero-order valence-corrected chi connectivity index (χ0v) is 33.5. The van der Waals surface area contributed by atoms with Crippen LogP contribution in [0.25, 0.3) is 96.6 Å². The Morgan fingerprint density at radius 3 is 1.47 bits per heavy atom. The molecule has 1 nitrogen and oxygen atoms in total. The largest absolute Gasteiger partial charge is 0.309 e. The average molecular weight is 780 g/mol. The van der Waals surface area contributed by atoms with E-state index in [0.717, 1.165) is 11.4 Å². The van der Waals surface area contributed by atoms with Crippen LogP contribution in [-0.2, 0) is 0 Å². The molecule has 0 bridgehead atoms. The third-order valence-corrected chi connectivity index (χ3v) is 13.5. The first-order chi connectivity index (χ1) is 29.7. The highest BCUT2D eigenvalue weighted by atomic mass is 32.1. The van der Waals surface area contributed by atoms with E-state index in [1.54, 1.807) is 0 Å². The highest BCUT2D eigenvalue weighted by molar-refractivity contribution is 7.26. The van der Waals surface area contributed by atoms with E-state index in [2.05, 4.69) is 229 Å². The number of rotatable bonds is 6. The second-order valence-electron chi connectivity index (χ2n) is 15.6. The van der Waals surface area contributed by atoms with Gasteiger partial charge in [-0.2, -0.15) is 0 Å². The molecule has 2 heteroatoms. The Kier molecular flexibility index (Phi) is 8.11. The smallest absolute Gasteiger partial charge is 0.0640 e.